The zero-order chi connectivity index (χ0) is 13.7. The number of halogens is 2. The lowest BCUT2D eigenvalue weighted by Gasteiger charge is -2.20. The minimum atomic E-state index is 0. The zero-order valence-electron chi connectivity index (χ0n) is 11.5. The number of benzene rings is 1. The number of nitrogens with zero attached hydrogens (tertiary/aromatic N) is 1. The van der Waals surface area contributed by atoms with Gasteiger partial charge in [-0.1, -0.05) is 11.6 Å². The molecule has 0 atom stereocenters. The van der Waals surface area contributed by atoms with Gasteiger partial charge in [-0.15, -0.1) is 24.0 Å². The number of ether oxygens (including phenoxy) is 2. The Labute approximate surface area is 141 Å². The van der Waals surface area contributed by atoms with Crippen LogP contribution in [0.15, 0.2) is 17.1 Å². The third-order valence-electron chi connectivity index (χ3n) is 2.82. The number of rotatable bonds is 3. The molecule has 0 saturated heterocycles. The molecule has 1 aromatic carbocycles. The Morgan fingerprint density at radius 1 is 1.35 bits per heavy atom. The molecule has 1 aliphatic rings. The van der Waals surface area contributed by atoms with Crippen LogP contribution in [0.25, 0.3) is 0 Å². The maximum atomic E-state index is 6.18. The van der Waals surface area contributed by atoms with Crippen molar-refractivity contribution in [3.8, 4) is 11.5 Å². The van der Waals surface area contributed by atoms with E-state index in [0.717, 1.165) is 30.2 Å². The molecule has 0 aliphatic carbocycles. The topological polar surface area (TPSA) is 54.9 Å². The summed E-state index contributed by atoms with van der Waals surface area (Å²) in [5.74, 6) is 2.14. The van der Waals surface area contributed by atoms with E-state index in [-0.39, 0.29) is 24.0 Å². The van der Waals surface area contributed by atoms with Crippen molar-refractivity contribution < 1.29 is 9.47 Å². The molecule has 0 aromatic heterocycles. The van der Waals surface area contributed by atoms with Gasteiger partial charge in [-0.25, -0.2) is 0 Å². The van der Waals surface area contributed by atoms with Gasteiger partial charge in [0.25, 0.3) is 0 Å². The van der Waals surface area contributed by atoms with Gasteiger partial charge in [-0.05, 0) is 24.1 Å². The molecule has 0 saturated carbocycles. The Kier molecular flexibility index (Phi) is 7.22. The van der Waals surface area contributed by atoms with E-state index in [1.54, 1.807) is 7.05 Å². The van der Waals surface area contributed by atoms with Crippen molar-refractivity contribution in [3.05, 3.63) is 22.7 Å². The van der Waals surface area contributed by atoms with Gasteiger partial charge >= 0.3 is 0 Å². The summed E-state index contributed by atoms with van der Waals surface area (Å²) < 4.78 is 11.0. The van der Waals surface area contributed by atoms with E-state index in [4.69, 9.17) is 21.1 Å². The highest BCUT2D eigenvalue weighted by molar-refractivity contribution is 14.0. The highest BCUT2D eigenvalue weighted by Crippen LogP contribution is 2.38. The first-order valence-electron chi connectivity index (χ1n) is 6.21. The van der Waals surface area contributed by atoms with E-state index in [9.17, 15) is 0 Å². The maximum absolute atomic E-state index is 6.18. The van der Waals surface area contributed by atoms with Crippen LogP contribution >= 0.6 is 35.6 Å². The van der Waals surface area contributed by atoms with Gasteiger partial charge < -0.3 is 20.1 Å². The molecule has 2 N–H and O–H groups in total. The molecule has 20 heavy (non-hydrogen) atoms. The third kappa shape index (κ3) is 4.31. The first-order chi connectivity index (χ1) is 9.24. The van der Waals surface area contributed by atoms with Gasteiger partial charge in [-0.2, -0.15) is 0 Å². The van der Waals surface area contributed by atoms with E-state index in [2.05, 4.69) is 15.6 Å². The number of fused-ring (bicyclic) bond motifs is 1. The van der Waals surface area contributed by atoms with Crippen molar-refractivity contribution in [3.63, 3.8) is 0 Å². The minimum Gasteiger partial charge on any atom is -0.486 e. The van der Waals surface area contributed by atoms with Gasteiger partial charge in [0.05, 0.1) is 5.02 Å². The molecule has 0 radical (unpaired) electrons. The van der Waals surface area contributed by atoms with Crippen molar-refractivity contribution in [1.82, 2.24) is 10.6 Å². The summed E-state index contributed by atoms with van der Waals surface area (Å²) in [7, 11) is 3.57. The summed E-state index contributed by atoms with van der Waals surface area (Å²) in [5.41, 5.74) is 1.10. The quantitative estimate of drug-likeness (QED) is 0.454. The first kappa shape index (κ1) is 17.2. The normalized spacial score (nSPS) is 13.4. The summed E-state index contributed by atoms with van der Waals surface area (Å²) in [6, 6.07) is 3.89. The molecule has 0 bridgehead atoms. The summed E-state index contributed by atoms with van der Waals surface area (Å²) in [6.45, 7) is 1.88. The Hall–Kier alpha value is -0.890. The van der Waals surface area contributed by atoms with E-state index in [1.165, 1.54) is 0 Å². The van der Waals surface area contributed by atoms with Crippen LogP contribution in [0.1, 0.15) is 5.56 Å². The Bertz CT molecular complexity index is 483. The average Bonchev–Trinajstić information content (AvgIpc) is 2.44. The minimum absolute atomic E-state index is 0. The molecule has 0 unspecified atom stereocenters. The van der Waals surface area contributed by atoms with Crippen molar-refractivity contribution >= 4 is 41.5 Å². The number of nitrogens with one attached hydrogen (secondary N) is 2. The van der Waals surface area contributed by atoms with Gasteiger partial charge in [0.15, 0.2) is 17.5 Å². The Balaban J connectivity index is 0.00000200. The molecule has 7 heteroatoms. The van der Waals surface area contributed by atoms with Crippen molar-refractivity contribution in [1.29, 1.82) is 0 Å². The summed E-state index contributed by atoms with van der Waals surface area (Å²) in [5, 5.41) is 6.76. The summed E-state index contributed by atoms with van der Waals surface area (Å²) in [6.07, 6.45) is 0.830. The molecule has 1 aliphatic heterocycles. The third-order valence-corrected chi connectivity index (χ3v) is 3.10. The molecule has 112 valence electrons. The lowest BCUT2D eigenvalue weighted by atomic mass is 10.1. The summed E-state index contributed by atoms with van der Waals surface area (Å²) >= 11 is 6.18. The van der Waals surface area contributed by atoms with Crippen LogP contribution in [-0.2, 0) is 6.42 Å². The molecule has 5 nitrogen and oxygen atoms in total. The second kappa shape index (κ2) is 8.41. The molecule has 0 spiro atoms. The van der Waals surface area contributed by atoms with Crippen LogP contribution < -0.4 is 20.1 Å². The van der Waals surface area contributed by atoms with Gasteiger partial charge in [-0.3, -0.25) is 4.99 Å². The lowest BCUT2D eigenvalue weighted by molar-refractivity contribution is 0.171. The second-order valence-electron chi connectivity index (χ2n) is 4.10. The molecular weight excluding hydrogens is 393 g/mol. The number of guanidine groups is 1. The number of hydrogen-bond acceptors (Lipinski definition) is 3. The SMILES string of the molecule is CN=C(NC)NCCc1cc(Cl)c2c(c1)OCCO2.I. The summed E-state index contributed by atoms with van der Waals surface area (Å²) in [4.78, 5) is 4.05. The lowest BCUT2D eigenvalue weighted by Crippen LogP contribution is -2.35. The van der Waals surface area contributed by atoms with Crippen LogP contribution in [0.2, 0.25) is 5.02 Å². The molecule has 0 amide bonds. The molecular formula is C13H19ClIN3O2. The monoisotopic (exact) mass is 411 g/mol. The highest BCUT2D eigenvalue weighted by Gasteiger charge is 2.16. The smallest absolute Gasteiger partial charge is 0.190 e. The largest absolute Gasteiger partial charge is 0.486 e. The molecule has 1 heterocycles. The fraction of sp³-hybridized carbons (Fsp3) is 0.462. The molecule has 1 aromatic rings. The van der Waals surface area contributed by atoms with Crippen molar-refractivity contribution in [2.45, 2.75) is 6.42 Å². The van der Waals surface area contributed by atoms with E-state index in [0.29, 0.717) is 24.0 Å². The Morgan fingerprint density at radius 2 is 2.10 bits per heavy atom. The molecule has 0 fully saturated rings. The Morgan fingerprint density at radius 3 is 2.80 bits per heavy atom. The van der Waals surface area contributed by atoms with E-state index < -0.39 is 0 Å². The van der Waals surface area contributed by atoms with E-state index in [1.807, 2.05) is 19.2 Å². The van der Waals surface area contributed by atoms with Crippen molar-refractivity contribution in [2.24, 2.45) is 4.99 Å². The van der Waals surface area contributed by atoms with Crippen LogP contribution in [0.5, 0.6) is 11.5 Å². The fourth-order valence-electron chi connectivity index (χ4n) is 1.91. The van der Waals surface area contributed by atoms with Gasteiger partial charge in [0.1, 0.15) is 13.2 Å². The van der Waals surface area contributed by atoms with Gasteiger partial charge in [0, 0.05) is 20.6 Å². The standard InChI is InChI=1S/C13H18ClN3O2.HI/c1-15-13(16-2)17-4-3-9-7-10(14)12-11(8-9)18-5-6-19-12;/h7-8H,3-6H2,1-2H3,(H2,15,16,17);1H. The van der Waals surface area contributed by atoms with E-state index >= 15 is 0 Å². The zero-order valence-corrected chi connectivity index (χ0v) is 14.6. The highest BCUT2D eigenvalue weighted by atomic mass is 127. The maximum Gasteiger partial charge on any atom is 0.190 e. The second-order valence-corrected chi connectivity index (χ2v) is 4.51. The van der Waals surface area contributed by atoms with Crippen LogP contribution in [0.3, 0.4) is 0 Å². The fourth-order valence-corrected chi connectivity index (χ4v) is 2.20. The van der Waals surface area contributed by atoms with Crippen LogP contribution in [-0.4, -0.2) is 39.8 Å². The number of aliphatic imine (C=N–C) groups is 1. The van der Waals surface area contributed by atoms with Crippen molar-refractivity contribution in [2.75, 3.05) is 33.9 Å². The van der Waals surface area contributed by atoms with Crippen LogP contribution in [0.4, 0.5) is 0 Å². The predicted octanol–water partition coefficient (Wildman–Crippen LogP) is 2.07. The first-order valence-corrected chi connectivity index (χ1v) is 6.59. The average molecular weight is 412 g/mol. The predicted molar refractivity (Wildman–Crippen MR) is 92.0 cm³/mol. The molecule has 2 rings (SSSR count). The van der Waals surface area contributed by atoms with Crippen LogP contribution in [0, 0.1) is 0 Å². The number of hydrogen-bond donors (Lipinski definition) is 2. The van der Waals surface area contributed by atoms with Gasteiger partial charge in [0.2, 0.25) is 0 Å².